The second-order valence-corrected chi connectivity index (χ2v) is 3.57. The van der Waals surface area contributed by atoms with Gasteiger partial charge >= 0.3 is 0 Å². The Morgan fingerprint density at radius 2 is 2.46 bits per heavy atom. The van der Waals surface area contributed by atoms with E-state index in [0.29, 0.717) is 5.82 Å². The molecule has 13 heavy (non-hydrogen) atoms. The second kappa shape index (κ2) is 3.57. The number of aryl methyl sites for hydroxylation is 2. The number of aromatic nitrogens is 3. The van der Waals surface area contributed by atoms with Crippen molar-refractivity contribution in [3.8, 4) is 0 Å². The van der Waals surface area contributed by atoms with Crippen LogP contribution in [0.25, 0.3) is 0 Å². The van der Waals surface area contributed by atoms with Crippen LogP contribution in [0.2, 0.25) is 0 Å². The van der Waals surface area contributed by atoms with Crippen LogP contribution in [-0.2, 0) is 13.0 Å². The Hall–Kier alpha value is -1.36. The Morgan fingerprint density at radius 3 is 3.08 bits per heavy atom. The third-order valence-electron chi connectivity index (χ3n) is 1.77. The van der Waals surface area contributed by atoms with E-state index < -0.39 is 0 Å². The quantitative estimate of drug-likeness (QED) is 0.797. The third-order valence-corrected chi connectivity index (χ3v) is 2.50. The summed E-state index contributed by atoms with van der Waals surface area (Å²) in [6.07, 6.45) is 2.72. The number of nitrogens with zero attached hydrogens (tertiary/aromatic N) is 3. The SMILES string of the molecule is Nc1cn(CCc2ccsc2)nn1. The van der Waals surface area contributed by atoms with Crippen molar-refractivity contribution in [2.24, 2.45) is 0 Å². The largest absolute Gasteiger partial charge is 0.381 e. The Morgan fingerprint density at radius 1 is 1.54 bits per heavy atom. The second-order valence-electron chi connectivity index (χ2n) is 2.79. The highest BCUT2D eigenvalue weighted by molar-refractivity contribution is 7.07. The van der Waals surface area contributed by atoms with Gasteiger partial charge in [-0.1, -0.05) is 5.21 Å². The van der Waals surface area contributed by atoms with E-state index in [2.05, 4.69) is 27.1 Å². The number of thiophene rings is 1. The van der Waals surface area contributed by atoms with E-state index in [1.807, 2.05) is 0 Å². The first-order valence-corrected chi connectivity index (χ1v) is 4.95. The molecule has 0 unspecified atom stereocenters. The molecule has 0 amide bonds. The number of hydrogen-bond acceptors (Lipinski definition) is 4. The van der Waals surface area contributed by atoms with Gasteiger partial charge in [-0.3, -0.25) is 4.68 Å². The van der Waals surface area contributed by atoms with E-state index >= 15 is 0 Å². The topological polar surface area (TPSA) is 56.7 Å². The van der Waals surface area contributed by atoms with E-state index in [0.717, 1.165) is 13.0 Å². The van der Waals surface area contributed by atoms with Gasteiger partial charge in [0.15, 0.2) is 5.82 Å². The van der Waals surface area contributed by atoms with Crippen molar-refractivity contribution in [2.45, 2.75) is 13.0 Å². The minimum atomic E-state index is 0.477. The maximum absolute atomic E-state index is 5.44. The Kier molecular flexibility index (Phi) is 2.27. The summed E-state index contributed by atoms with van der Waals surface area (Å²) in [6.45, 7) is 0.834. The first kappa shape index (κ1) is 8.25. The van der Waals surface area contributed by atoms with E-state index in [9.17, 15) is 0 Å². The number of nitrogens with two attached hydrogens (primary N) is 1. The fourth-order valence-electron chi connectivity index (χ4n) is 1.10. The zero-order chi connectivity index (χ0) is 9.10. The minimum absolute atomic E-state index is 0.477. The molecule has 0 spiro atoms. The molecular formula is C8H10N4S. The average molecular weight is 194 g/mol. The van der Waals surface area contributed by atoms with Gasteiger partial charge in [-0.25, -0.2) is 0 Å². The van der Waals surface area contributed by atoms with Gasteiger partial charge in [0.05, 0.1) is 6.20 Å². The normalized spacial score (nSPS) is 10.5. The molecule has 2 heterocycles. The highest BCUT2D eigenvalue weighted by Gasteiger charge is 1.97. The van der Waals surface area contributed by atoms with Gasteiger partial charge in [0.2, 0.25) is 0 Å². The lowest BCUT2D eigenvalue weighted by Crippen LogP contribution is -2.01. The molecule has 0 fully saturated rings. The van der Waals surface area contributed by atoms with E-state index in [-0.39, 0.29) is 0 Å². The maximum Gasteiger partial charge on any atom is 0.165 e. The summed E-state index contributed by atoms with van der Waals surface area (Å²) in [5.74, 6) is 0.477. The average Bonchev–Trinajstić information content (AvgIpc) is 2.71. The molecule has 68 valence electrons. The fourth-order valence-corrected chi connectivity index (χ4v) is 1.80. The van der Waals surface area contributed by atoms with Crippen LogP contribution in [-0.4, -0.2) is 15.0 Å². The van der Waals surface area contributed by atoms with Gasteiger partial charge in [-0.15, -0.1) is 5.10 Å². The molecule has 0 aliphatic rings. The summed E-state index contributed by atoms with van der Waals surface area (Å²) in [4.78, 5) is 0. The van der Waals surface area contributed by atoms with E-state index in [4.69, 9.17) is 5.73 Å². The summed E-state index contributed by atoms with van der Waals surface area (Å²) in [6, 6.07) is 2.12. The molecule has 4 nitrogen and oxygen atoms in total. The molecule has 0 radical (unpaired) electrons. The van der Waals surface area contributed by atoms with Gasteiger partial charge in [0.1, 0.15) is 0 Å². The first-order chi connectivity index (χ1) is 6.34. The monoisotopic (exact) mass is 194 g/mol. The molecule has 0 aliphatic carbocycles. The van der Waals surface area contributed by atoms with E-state index in [1.54, 1.807) is 22.2 Å². The van der Waals surface area contributed by atoms with Crippen LogP contribution < -0.4 is 5.73 Å². The standard InChI is InChI=1S/C8H10N4S/c9-8-5-12(11-10-8)3-1-7-2-4-13-6-7/h2,4-6H,1,3,9H2. The number of anilines is 1. The van der Waals surface area contributed by atoms with Crippen LogP contribution >= 0.6 is 11.3 Å². The highest BCUT2D eigenvalue weighted by Crippen LogP contribution is 2.07. The van der Waals surface area contributed by atoms with Crippen molar-refractivity contribution in [1.29, 1.82) is 0 Å². The van der Waals surface area contributed by atoms with Crippen molar-refractivity contribution in [2.75, 3.05) is 5.73 Å². The van der Waals surface area contributed by atoms with Crippen molar-refractivity contribution in [3.05, 3.63) is 28.6 Å². The van der Waals surface area contributed by atoms with Gasteiger partial charge in [0.25, 0.3) is 0 Å². The lowest BCUT2D eigenvalue weighted by atomic mass is 10.2. The number of nitrogen functional groups attached to an aromatic ring is 1. The fraction of sp³-hybridized carbons (Fsp3) is 0.250. The minimum Gasteiger partial charge on any atom is -0.381 e. The number of hydrogen-bond donors (Lipinski definition) is 1. The van der Waals surface area contributed by atoms with Crippen molar-refractivity contribution >= 4 is 17.2 Å². The molecule has 2 N–H and O–H groups in total. The molecule has 2 aromatic rings. The van der Waals surface area contributed by atoms with Gasteiger partial charge in [0, 0.05) is 6.54 Å². The van der Waals surface area contributed by atoms with Crippen molar-refractivity contribution in [1.82, 2.24) is 15.0 Å². The van der Waals surface area contributed by atoms with Crippen LogP contribution in [0.1, 0.15) is 5.56 Å². The molecule has 0 aromatic carbocycles. The molecule has 0 bridgehead atoms. The predicted molar refractivity (Wildman–Crippen MR) is 52.5 cm³/mol. The predicted octanol–water partition coefficient (Wildman–Crippen LogP) is 1.16. The highest BCUT2D eigenvalue weighted by atomic mass is 32.1. The molecular weight excluding hydrogens is 184 g/mol. The Balaban J connectivity index is 1.93. The summed E-state index contributed by atoms with van der Waals surface area (Å²) in [5, 5.41) is 11.8. The summed E-state index contributed by atoms with van der Waals surface area (Å²) >= 11 is 1.71. The molecule has 2 rings (SSSR count). The smallest absolute Gasteiger partial charge is 0.165 e. The van der Waals surface area contributed by atoms with Crippen LogP contribution in [0.15, 0.2) is 23.0 Å². The van der Waals surface area contributed by atoms with Gasteiger partial charge < -0.3 is 5.73 Å². The van der Waals surface area contributed by atoms with Crippen LogP contribution in [0.5, 0.6) is 0 Å². The molecule has 0 saturated carbocycles. The molecule has 0 saturated heterocycles. The van der Waals surface area contributed by atoms with E-state index in [1.165, 1.54) is 5.56 Å². The van der Waals surface area contributed by atoms with Crippen LogP contribution in [0.3, 0.4) is 0 Å². The molecule has 2 aromatic heterocycles. The lowest BCUT2D eigenvalue weighted by molar-refractivity contribution is 0.590. The maximum atomic E-state index is 5.44. The zero-order valence-corrected chi connectivity index (χ0v) is 7.87. The van der Waals surface area contributed by atoms with Gasteiger partial charge in [-0.2, -0.15) is 11.3 Å². The first-order valence-electron chi connectivity index (χ1n) is 4.01. The van der Waals surface area contributed by atoms with Crippen molar-refractivity contribution in [3.63, 3.8) is 0 Å². The van der Waals surface area contributed by atoms with Crippen molar-refractivity contribution < 1.29 is 0 Å². The van der Waals surface area contributed by atoms with Crippen LogP contribution in [0.4, 0.5) is 5.82 Å². The lowest BCUT2D eigenvalue weighted by Gasteiger charge is -1.96. The third kappa shape index (κ3) is 2.06. The van der Waals surface area contributed by atoms with Crippen LogP contribution in [0, 0.1) is 0 Å². The van der Waals surface area contributed by atoms with Gasteiger partial charge in [-0.05, 0) is 28.8 Å². The zero-order valence-electron chi connectivity index (χ0n) is 7.05. The summed E-state index contributed by atoms with van der Waals surface area (Å²) < 4.78 is 1.76. The Bertz CT molecular complexity index is 365. The Labute approximate surface area is 80.0 Å². The molecule has 5 heteroatoms. The summed E-state index contributed by atoms with van der Waals surface area (Å²) in [7, 11) is 0. The molecule has 0 aliphatic heterocycles. The summed E-state index contributed by atoms with van der Waals surface area (Å²) in [5.41, 5.74) is 6.77. The molecule has 0 atom stereocenters. The number of rotatable bonds is 3.